The fourth-order valence-electron chi connectivity index (χ4n) is 4.75. The highest BCUT2D eigenvalue weighted by atomic mass is 35.5. The van der Waals surface area contributed by atoms with Crippen LogP contribution in [0.4, 0.5) is 9.52 Å². The fourth-order valence-corrected chi connectivity index (χ4v) is 7.02. The van der Waals surface area contributed by atoms with Crippen molar-refractivity contribution in [2.75, 3.05) is 18.4 Å². The summed E-state index contributed by atoms with van der Waals surface area (Å²) in [4.78, 5) is 45.1. The summed E-state index contributed by atoms with van der Waals surface area (Å²) in [5.74, 6) is -2.53. The monoisotopic (exact) mass is 595 g/mol. The van der Waals surface area contributed by atoms with Crippen molar-refractivity contribution < 1.29 is 27.2 Å². The van der Waals surface area contributed by atoms with Crippen LogP contribution >= 0.6 is 22.9 Å². The largest absolute Gasteiger partial charge is 0.352 e. The normalized spacial score (nSPS) is 24.2. The minimum atomic E-state index is -3.78. The van der Waals surface area contributed by atoms with Gasteiger partial charge < -0.3 is 15.5 Å². The Hall–Kier alpha value is -3.03. The molecule has 2 heterocycles. The maximum Gasteiger partial charge on any atom is 0.259 e. The number of anilines is 1. The van der Waals surface area contributed by atoms with Gasteiger partial charge in [-0.2, -0.15) is 0 Å². The minimum absolute atomic E-state index is 0.0158. The summed E-state index contributed by atoms with van der Waals surface area (Å²) in [6.07, 6.45) is 3.79. The molecule has 3 amide bonds. The molecular formula is C25H27ClFN5O5S2. The molecule has 2 aliphatic carbocycles. The van der Waals surface area contributed by atoms with Crippen molar-refractivity contribution in [3.05, 3.63) is 47.1 Å². The van der Waals surface area contributed by atoms with E-state index in [2.05, 4.69) is 26.9 Å². The molecule has 0 spiro atoms. The highest BCUT2D eigenvalue weighted by Crippen LogP contribution is 2.45. The van der Waals surface area contributed by atoms with Crippen molar-refractivity contribution in [3.8, 4) is 11.3 Å². The molecule has 10 nitrogen and oxygen atoms in total. The van der Waals surface area contributed by atoms with Crippen molar-refractivity contribution >= 4 is 55.8 Å². The summed E-state index contributed by atoms with van der Waals surface area (Å²) >= 11 is 7.12. The molecule has 2 saturated carbocycles. The Labute approximate surface area is 234 Å². The predicted octanol–water partition coefficient (Wildman–Crippen LogP) is 2.67. The van der Waals surface area contributed by atoms with Gasteiger partial charge in [-0.05, 0) is 50.3 Å². The molecule has 3 N–H and O–H groups in total. The summed E-state index contributed by atoms with van der Waals surface area (Å²) in [7, 11) is -3.78. The van der Waals surface area contributed by atoms with E-state index >= 15 is 0 Å². The van der Waals surface area contributed by atoms with Gasteiger partial charge in [0.15, 0.2) is 5.13 Å². The molecule has 1 saturated heterocycles. The average molecular weight is 596 g/mol. The van der Waals surface area contributed by atoms with Crippen LogP contribution in [0.25, 0.3) is 11.3 Å². The molecule has 5 rings (SSSR count). The molecule has 3 atom stereocenters. The molecule has 1 aromatic heterocycles. The first-order valence-corrected chi connectivity index (χ1v) is 15.3. The van der Waals surface area contributed by atoms with Crippen molar-refractivity contribution in [2.45, 2.75) is 48.9 Å². The first-order chi connectivity index (χ1) is 18.5. The third-order valence-corrected chi connectivity index (χ3v) is 10.1. The number of halogens is 2. The first-order valence-electron chi connectivity index (χ1n) is 12.5. The van der Waals surface area contributed by atoms with Gasteiger partial charge in [-0.15, -0.1) is 17.9 Å². The Balaban J connectivity index is 1.20. The number of rotatable bonds is 10. The van der Waals surface area contributed by atoms with Gasteiger partial charge >= 0.3 is 0 Å². The van der Waals surface area contributed by atoms with E-state index in [1.165, 1.54) is 34.4 Å². The Morgan fingerprint density at radius 3 is 2.72 bits per heavy atom. The number of hydrogen-bond donors (Lipinski definition) is 3. The van der Waals surface area contributed by atoms with Gasteiger partial charge in [0.05, 0.1) is 22.5 Å². The third kappa shape index (κ3) is 5.66. The van der Waals surface area contributed by atoms with E-state index in [1.807, 2.05) is 0 Å². The lowest BCUT2D eigenvalue weighted by Crippen LogP contribution is -2.57. The lowest BCUT2D eigenvalue weighted by Gasteiger charge is -2.27. The Kier molecular flexibility index (Phi) is 7.42. The number of amides is 3. The second-order valence-electron chi connectivity index (χ2n) is 9.95. The van der Waals surface area contributed by atoms with Crippen LogP contribution in [0.3, 0.4) is 0 Å². The van der Waals surface area contributed by atoms with Crippen LogP contribution in [0.15, 0.2) is 36.2 Å². The maximum atomic E-state index is 13.5. The third-order valence-electron chi connectivity index (χ3n) is 7.24. The van der Waals surface area contributed by atoms with Gasteiger partial charge in [0.2, 0.25) is 21.8 Å². The van der Waals surface area contributed by atoms with E-state index in [9.17, 15) is 27.2 Å². The number of hydrogen-bond acceptors (Lipinski definition) is 8. The highest BCUT2D eigenvalue weighted by molar-refractivity contribution is 7.91. The van der Waals surface area contributed by atoms with Gasteiger partial charge in [0.1, 0.15) is 17.4 Å². The molecule has 3 fully saturated rings. The zero-order valence-corrected chi connectivity index (χ0v) is 23.2. The van der Waals surface area contributed by atoms with E-state index in [-0.39, 0.29) is 23.9 Å². The van der Waals surface area contributed by atoms with Crippen molar-refractivity contribution in [2.24, 2.45) is 5.92 Å². The van der Waals surface area contributed by atoms with Crippen LogP contribution in [0.2, 0.25) is 5.02 Å². The number of carbonyl (C=O) groups is 3. The predicted molar refractivity (Wildman–Crippen MR) is 145 cm³/mol. The van der Waals surface area contributed by atoms with Crippen molar-refractivity contribution in [3.63, 3.8) is 0 Å². The van der Waals surface area contributed by atoms with E-state index in [0.717, 1.165) is 0 Å². The Bertz CT molecular complexity index is 1450. The second-order valence-corrected chi connectivity index (χ2v) is 13.2. The molecular weight excluding hydrogens is 569 g/mol. The van der Waals surface area contributed by atoms with E-state index in [0.29, 0.717) is 48.6 Å². The lowest BCUT2D eigenvalue weighted by molar-refractivity contribution is -0.138. The summed E-state index contributed by atoms with van der Waals surface area (Å²) in [6, 6.07) is 3.50. The number of thiazole rings is 1. The molecule has 2 aromatic rings. The number of benzene rings is 1. The zero-order valence-electron chi connectivity index (χ0n) is 20.8. The van der Waals surface area contributed by atoms with Crippen LogP contribution in [-0.2, 0) is 24.4 Å². The van der Waals surface area contributed by atoms with Crippen molar-refractivity contribution in [1.29, 1.82) is 0 Å². The zero-order chi connectivity index (χ0) is 27.9. The molecule has 0 unspecified atom stereocenters. The van der Waals surface area contributed by atoms with Gasteiger partial charge in [0.25, 0.3) is 5.91 Å². The molecule has 14 heteroatoms. The van der Waals surface area contributed by atoms with Gasteiger partial charge in [0, 0.05) is 23.4 Å². The fraction of sp³-hybridized carbons (Fsp3) is 0.440. The summed E-state index contributed by atoms with van der Waals surface area (Å²) in [5, 5.41) is 7.33. The smallest absolute Gasteiger partial charge is 0.259 e. The number of aromatic nitrogens is 1. The van der Waals surface area contributed by atoms with E-state index < -0.39 is 50.4 Å². The van der Waals surface area contributed by atoms with Crippen LogP contribution in [0.1, 0.15) is 32.1 Å². The summed E-state index contributed by atoms with van der Waals surface area (Å²) in [6.45, 7) is 3.95. The highest BCUT2D eigenvalue weighted by Gasteiger charge is 2.61. The molecule has 208 valence electrons. The van der Waals surface area contributed by atoms with Crippen LogP contribution in [0.5, 0.6) is 0 Å². The Morgan fingerprint density at radius 1 is 1.28 bits per heavy atom. The van der Waals surface area contributed by atoms with E-state index in [4.69, 9.17) is 11.6 Å². The van der Waals surface area contributed by atoms with Crippen LogP contribution in [-0.4, -0.2) is 65.9 Å². The standard InChI is InChI=1S/C25H27ClFN5O5S2/c1-2-15-11-25(15,23(35)31-39(36,37)16-6-7-16)30-22(34)20-4-3-9-32(20)21(33)12-28-24-29-19(13-38-24)14-5-8-18(27)17(26)10-14/h2,5,8,10,13,15-16,20H,1,3-4,6-7,9,11-12H2,(H,28,29)(H,30,34)(H,31,35)/t15-,20+,25-/m1/s1. The summed E-state index contributed by atoms with van der Waals surface area (Å²) in [5.41, 5.74) is -0.186. The number of nitrogens with zero attached hydrogens (tertiary/aromatic N) is 2. The van der Waals surface area contributed by atoms with Crippen LogP contribution in [0, 0.1) is 11.7 Å². The Morgan fingerprint density at radius 2 is 2.05 bits per heavy atom. The number of likely N-dealkylation sites (tertiary alicyclic amines) is 1. The molecule has 39 heavy (non-hydrogen) atoms. The molecule has 3 aliphatic rings. The number of nitrogens with one attached hydrogen (secondary N) is 3. The average Bonchev–Trinajstić information content (AvgIpc) is 3.77. The molecule has 0 radical (unpaired) electrons. The first kappa shape index (κ1) is 27.5. The second kappa shape index (κ2) is 10.5. The number of carbonyl (C=O) groups excluding carboxylic acids is 3. The van der Waals surface area contributed by atoms with Gasteiger partial charge in [-0.1, -0.05) is 17.7 Å². The summed E-state index contributed by atoms with van der Waals surface area (Å²) < 4.78 is 40.2. The maximum absolute atomic E-state index is 13.5. The quantitative estimate of drug-likeness (QED) is 0.359. The SMILES string of the molecule is C=C[C@@H]1C[C@]1(NC(=O)[C@@H]1CCCN1C(=O)CNc1nc(-c2ccc(F)c(Cl)c2)cs1)C(=O)NS(=O)(=O)C1CC1. The van der Waals surface area contributed by atoms with Crippen LogP contribution < -0.4 is 15.4 Å². The number of sulfonamides is 1. The van der Waals surface area contributed by atoms with Crippen molar-refractivity contribution in [1.82, 2.24) is 19.9 Å². The topological polar surface area (TPSA) is 138 Å². The van der Waals surface area contributed by atoms with Gasteiger partial charge in [-0.25, -0.2) is 17.8 Å². The van der Waals surface area contributed by atoms with Gasteiger partial charge in [-0.3, -0.25) is 19.1 Å². The van der Waals surface area contributed by atoms with E-state index in [1.54, 1.807) is 11.4 Å². The minimum Gasteiger partial charge on any atom is -0.352 e. The molecule has 1 aliphatic heterocycles. The molecule has 0 bridgehead atoms. The lowest BCUT2D eigenvalue weighted by atomic mass is 10.1. The molecule has 1 aromatic carbocycles.